The van der Waals surface area contributed by atoms with Gasteiger partial charge in [0.05, 0.1) is 0 Å². The summed E-state index contributed by atoms with van der Waals surface area (Å²) in [4.78, 5) is 17.5. The SMILES string of the molecule is Cc1cccc(C2C3=C(CCCC3=O)Nc3nc(-c4cccc(O)c4)nn32)c1. The van der Waals surface area contributed by atoms with Crippen LogP contribution in [0.4, 0.5) is 5.95 Å². The quantitative estimate of drug-likeness (QED) is 0.711. The second-order valence-corrected chi connectivity index (χ2v) is 7.36. The van der Waals surface area contributed by atoms with Crippen molar-refractivity contribution < 1.29 is 9.90 Å². The Balaban J connectivity index is 1.69. The van der Waals surface area contributed by atoms with Gasteiger partial charge in [-0.15, -0.1) is 5.10 Å². The molecule has 2 aromatic carbocycles. The van der Waals surface area contributed by atoms with Crippen LogP contribution in [0.3, 0.4) is 0 Å². The Labute approximate surface area is 162 Å². The van der Waals surface area contributed by atoms with Gasteiger partial charge < -0.3 is 10.4 Å². The first-order chi connectivity index (χ1) is 13.6. The number of benzene rings is 2. The van der Waals surface area contributed by atoms with Gasteiger partial charge >= 0.3 is 0 Å². The van der Waals surface area contributed by atoms with Crippen molar-refractivity contribution in [2.45, 2.75) is 32.2 Å². The summed E-state index contributed by atoms with van der Waals surface area (Å²) in [6, 6.07) is 14.8. The van der Waals surface area contributed by atoms with Crippen molar-refractivity contribution in [3.8, 4) is 17.1 Å². The molecule has 140 valence electrons. The van der Waals surface area contributed by atoms with Crippen LogP contribution in [0.5, 0.6) is 5.75 Å². The fourth-order valence-electron chi connectivity index (χ4n) is 4.07. The van der Waals surface area contributed by atoms with E-state index in [1.165, 1.54) is 0 Å². The molecule has 1 aliphatic carbocycles. The predicted molar refractivity (Wildman–Crippen MR) is 106 cm³/mol. The third kappa shape index (κ3) is 2.69. The summed E-state index contributed by atoms with van der Waals surface area (Å²) in [6.07, 6.45) is 2.24. The molecule has 1 aliphatic heterocycles. The highest BCUT2D eigenvalue weighted by Gasteiger charge is 2.36. The molecule has 0 amide bonds. The highest BCUT2D eigenvalue weighted by molar-refractivity contribution is 5.99. The van der Waals surface area contributed by atoms with Gasteiger partial charge in [0.15, 0.2) is 11.6 Å². The monoisotopic (exact) mass is 372 g/mol. The predicted octanol–water partition coefficient (Wildman–Crippen LogP) is 3.98. The molecule has 0 saturated heterocycles. The van der Waals surface area contributed by atoms with Crippen LogP contribution in [-0.4, -0.2) is 25.7 Å². The zero-order chi connectivity index (χ0) is 19.3. The number of aryl methyl sites for hydroxylation is 1. The third-order valence-electron chi connectivity index (χ3n) is 5.33. The number of nitrogens with one attached hydrogen (secondary N) is 1. The van der Waals surface area contributed by atoms with Gasteiger partial charge in [-0.25, -0.2) is 4.68 Å². The van der Waals surface area contributed by atoms with Crippen LogP contribution >= 0.6 is 0 Å². The zero-order valence-electron chi connectivity index (χ0n) is 15.5. The number of allylic oxidation sites excluding steroid dienone is 2. The summed E-state index contributed by atoms with van der Waals surface area (Å²) in [5, 5.41) is 17.9. The molecule has 5 rings (SSSR count). The Hall–Kier alpha value is -3.41. The molecule has 2 aliphatic rings. The Kier molecular flexibility index (Phi) is 3.79. The number of carbonyl (C=O) groups is 1. The maximum absolute atomic E-state index is 12.8. The number of phenols is 1. The van der Waals surface area contributed by atoms with Crippen LogP contribution in [0.15, 0.2) is 59.8 Å². The molecule has 28 heavy (non-hydrogen) atoms. The number of ketones is 1. The highest BCUT2D eigenvalue weighted by Crippen LogP contribution is 2.40. The fraction of sp³-hybridized carbons (Fsp3) is 0.227. The summed E-state index contributed by atoms with van der Waals surface area (Å²) >= 11 is 0. The number of aromatic nitrogens is 3. The van der Waals surface area contributed by atoms with E-state index >= 15 is 0 Å². The molecule has 1 unspecified atom stereocenters. The molecule has 0 radical (unpaired) electrons. The number of hydrogen-bond donors (Lipinski definition) is 2. The largest absolute Gasteiger partial charge is 0.508 e. The highest BCUT2D eigenvalue weighted by atomic mass is 16.3. The van der Waals surface area contributed by atoms with E-state index in [1.54, 1.807) is 22.9 Å². The first-order valence-electron chi connectivity index (χ1n) is 9.46. The van der Waals surface area contributed by atoms with Crippen LogP contribution < -0.4 is 5.32 Å². The Bertz CT molecular complexity index is 1130. The summed E-state index contributed by atoms with van der Waals surface area (Å²) in [5.41, 5.74) is 4.63. The molecule has 6 nitrogen and oxygen atoms in total. The summed E-state index contributed by atoms with van der Waals surface area (Å²) < 4.78 is 1.80. The van der Waals surface area contributed by atoms with Crippen molar-refractivity contribution in [1.29, 1.82) is 0 Å². The smallest absolute Gasteiger partial charge is 0.226 e. The van der Waals surface area contributed by atoms with Gasteiger partial charge in [0.1, 0.15) is 11.8 Å². The van der Waals surface area contributed by atoms with E-state index in [4.69, 9.17) is 5.10 Å². The van der Waals surface area contributed by atoms with E-state index < -0.39 is 0 Å². The average Bonchev–Trinajstić information content (AvgIpc) is 3.10. The van der Waals surface area contributed by atoms with Gasteiger partial charge in [0, 0.05) is 23.3 Å². The first-order valence-corrected chi connectivity index (χ1v) is 9.46. The summed E-state index contributed by atoms with van der Waals surface area (Å²) in [7, 11) is 0. The van der Waals surface area contributed by atoms with Gasteiger partial charge in [-0.05, 0) is 37.5 Å². The van der Waals surface area contributed by atoms with Gasteiger partial charge in [0.25, 0.3) is 0 Å². The van der Waals surface area contributed by atoms with E-state index in [0.29, 0.717) is 18.2 Å². The Morgan fingerprint density at radius 2 is 2.00 bits per heavy atom. The number of anilines is 1. The van der Waals surface area contributed by atoms with Gasteiger partial charge in [-0.2, -0.15) is 4.98 Å². The molecule has 1 atom stereocenters. The summed E-state index contributed by atoms with van der Waals surface area (Å²) in [5.74, 6) is 1.48. The van der Waals surface area contributed by atoms with Crippen LogP contribution in [0.2, 0.25) is 0 Å². The van der Waals surface area contributed by atoms with Crippen molar-refractivity contribution >= 4 is 11.7 Å². The lowest BCUT2D eigenvalue weighted by Gasteiger charge is -2.32. The minimum atomic E-state index is -0.294. The van der Waals surface area contributed by atoms with Gasteiger partial charge in [-0.1, -0.05) is 42.0 Å². The molecule has 6 heteroatoms. The number of nitrogens with zero attached hydrogens (tertiary/aromatic N) is 3. The molecule has 2 N–H and O–H groups in total. The van der Waals surface area contributed by atoms with Crippen molar-refractivity contribution in [2.24, 2.45) is 0 Å². The minimum absolute atomic E-state index is 0.167. The Morgan fingerprint density at radius 1 is 1.14 bits per heavy atom. The number of phenolic OH excluding ortho intramolecular Hbond substituents is 1. The summed E-state index contributed by atoms with van der Waals surface area (Å²) in [6.45, 7) is 2.04. The van der Waals surface area contributed by atoms with E-state index in [2.05, 4.69) is 16.4 Å². The fourth-order valence-corrected chi connectivity index (χ4v) is 4.07. The van der Waals surface area contributed by atoms with Crippen molar-refractivity contribution in [3.05, 3.63) is 70.9 Å². The van der Waals surface area contributed by atoms with E-state index in [1.807, 2.05) is 31.2 Å². The van der Waals surface area contributed by atoms with Crippen LogP contribution in [0.1, 0.15) is 36.4 Å². The average molecular weight is 372 g/mol. The standard InChI is InChI=1S/C22H20N4O2/c1-13-5-2-6-14(11-13)20-19-17(9-4-10-18(19)28)23-22-24-21(25-26(20)22)15-7-3-8-16(27)12-15/h2-3,5-8,11-12,20,27H,4,9-10H2,1H3,(H,23,24,25). The second kappa shape index (κ2) is 6.34. The molecule has 0 bridgehead atoms. The number of carbonyl (C=O) groups excluding carboxylic acids is 1. The lowest BCUT2D eigenvalue weighted by molar-refractivity contribution is -0.116. The molecular formula is C22H20N4O2. The maximum atomic E-state index is 12.8. The van der Waals surface area contributed by atoms with E-state index in [9.17, 15) is 9.90 Å². The number of hydrogen-bond acceptors (Lipinski definition) is 5. The molecule has 1 aromatic heterocycles. The minimum Gasteiger partial charge on any atom is -0.508 e. The number of fused-ring (bicyclic) bond motifs is 1. The van der Waals surface area contributed by atoms with Crippen LogP contribution in [-0.2, 0) is 4.79 Å². The molecular weight excluding hydrogens is 352 g/mol. The van der Waals surface area contributed by atoms with Gasteiger partial charge in [-0.3, -0.25) is 4.79 Å². The second-order valence-electron chi connectivity index (χ2n) is 7.36. The first kappa shape index (κ1) is 16.7. The molecule has 3 aromatic rings. The molecule has 2 heterocycles. The molecule has 0 fully saturated rings. The number of rotatable bonds is 2. The molecule has 0 saturated carbocycles. The zero-order valence-corrected chi connectivity index (χ0v) is 15.5. The van der Waals surface area contributed by atoms with Crippen LogP contribution in [0, 0.1) is 6.92 Å². The molecule has 0 spiro atoms. The lowest BCUT2D eigenvalue weighted by atomic mass is 9.85. The Morgan fingerprint density at radius 3 is 2.82 bits per heavy atom. The normalized spacial score (nSPS) is 18.5. The van der Waals surface area contributed by atoms with E-state index in [0.717, 1.165) is 40.8 Å². The van der Waals surface area contributed by atoms with E-state index in [-0.39, 0.29) is 17.6 Å². The maximum Gasteiger partial charge on any atom is 0.226 e. The van der Waals surface area contributed by atoms with Crippen molar-refractivity contribution in [3.63, 3.8) is 0 Å². The lowest BCUT2D eigenvalue weighted by Crippen LogP contribution is -2.31. The van der Waals surface area contributed by atoms with Crippen molar-refractivity contribution in [2.75, 3.05) is 5.32 Å². The van der Waals surface area contributed by atoms with Gasteiger partial charge in [0.2, 0.25) is 5.95 Å². The number of aromatic hydroxyl groups is 1. The topological polar surface area (TPSA) is 80.0 Å². The van der Waals surface area contributed by atoms with Crippen molar-refractivity contribution in [1.82, 2.24) is 14.8 Å². The van der Waals surface area contributed by atoms with Crippen LogP contribution in [0.25, 0.3) is 11.4 Å². The number of Topliss-reactive ketones (excluding diaryl/α,β-unsaturated/α-hetero) is 1. The third-order valence-corrected chi connectivity index (χ3v) is 5.33.